The van der Waals surface area contributed by atoms with Crippen molar-refractivity contribution in [3.05, 3.63) is 35.1 Å². The number of halogens is 2. The number of nitrogens with zero attached hydrogens (tertiary/aromatic N) is 1. The van der Waals surface area contributed by atoms with E-state index in [2.05, 4.69) is 0 Å². The number of aryl methyl sites for hydroxylation is 1. The van der Waals surface area contributed by atoms with E-state index >= 15 is 0 Å². The van der Waals surface area contributed by atoms with E-state index in [4.69, 9.17) is 16.3 Å². The molecule has 100 valence electrons. The molecule has 0 saturated heterocycles. The van der Waals surface area contributed by atoms with Crippen LogP contribution in [0.5, 0.6) is 0 Å². The molecular formula is C13H17ClFNO2. The van der Waals surface area contributed by atoms with Crippen molar-refractivity contribution in [1.82, 2.24) is 4.90 Å². The van der Waals surface area contributed by atoms with Gasteiger partial charge in [0.1, 0.15) is 5.82 Å². The smallest absolute Gasteiger partial charge is 0.253 e. The number of ether oxygens (including phenoxy) is 1. The van der Waals surface area contributed by atoms with Gasteiger partial charge >= 0.3 is 0 Å². The van der Waals surface area contributed by atoms with Crippen LogP contribution in [0.4, 0.5) is 4.39 Å². The van der Waals surface area contributed by atoms with E-state index in [0.29, 0.717) is 24.3 Å². The van der Waals surface area contributed by atoms with E-state index in [1.807, 2.05) is 0 Å². The van der Waals surface area contributed by atoms with Crippen molar-refractivity contribution in [2.75, 3.05) is 27.3 Å². The average molecular weight is 274 g/mol. The Kier molecular flexibility index (Phi) is 5.56. The van der Waals surface area contributed by atoms with Gasteiger partial charge in [-0.15, -0.1) is 11.6 Å². The summed E-state index contributed by atoms with van der Waals surface area (Å²) in [7, 11) is 3.21. The summed E-state index contributed by atoms with van der Waals surface area (Å²) in [6, 6.07) is 4.30. The SMILES string of the molecule is COCC(Cl)CN(C)C(=O)c1ccc(F)c(C)c1. The molecule has 1 unspecified atom stereocenters. The van der Waals surface area contributed by atoms with E-state index in [0.717, 1.165) is 0 Å². The maximum Gasteiger partial charge on any atom is 0.253 e. The summed E-state index contributed by atoms with van der Waals surface area (Å²) in [5, 5.41) is -0.259. The number of amides is 1. The first-order chi connectivity index (χ1) is 8.45. The third-order valence-electron chi connectivity index (χ3n) is 2.57. The molecule has 1 amide bonds. The molecule has 0 saturated carbocycles. The van der Waals surface area contributed by atoms with Crippen LogP contribution >= 0.6 is 11.6 Å². The lowest BCUT2D eigenvalue weighted by Crippen LogP contribution is -2.34. The largest absolute Gasteiger partial charge is 0.383 e. The molecule has 0 aliphatic rings. The van der Waals surface area contributed by atoms with Crippen molar-refractivity contribution >= 4 is 17.5 Å². The number of benzene rings is 1. The number of hydrogen-bond acceptors (Lipinski definition) is 2. The van der Waals surface area contributed by atoms with Crippen LogP contribution in [0.1, 0.15) is 15.9 Å². The minimum atomic E-state index is -0.316. The highest BCUT2D eigenvalue weighted by atomic mass is 35.5. The summed E-state index contributed by atoms with van der Waals surface area (Å²) in [6.07, 6.45) is 0. The molecule has 0 spiro atoms. The Hall–Kier alpha value is -1.13. The van der Waals surface area contributed by atoms with Crippen LogP contribution in [0.3, 0.4) is 0 Å². The number of carbonyl (C=O) groups excluding carboxylic acids is 1. The molecule has 1 aromatic rings. The van der Waals surface area contributed by atoms with Crippen molar-refractivity contribution in [2.24, 2.45) is 0 Å². The van der Waals surface area contributed by atoms with Gasteiger partial charge in [-0.25, -0.2) is 4.39 Å². The molecule has 0 fully saturated rings. The Balaban J connectivity index is 2.71. The van der Waals surface area contributed by atoms with E-state index in [1.165, 1.54) is 23.1 Å². The molecule has 0 aliphatic heterocycles. The maximum absolute atomic E-state index is 13.1. The summed E-state index contributed by atoms with van der Waals surface area (Å²) < 4.78 is 18.0. The average Bonchev–Trinajstić information content (AvgIpc) is 2.32. The van der Waals surface area contributed by atoms with Gasteiger partial charge in [0, 0.05) is 26.3 Å². The molecule has 3 nitrogen and oxygen atoms in total. The van der Waals surface area contributed by atoms with E-state index in [9.17, 15) is 9.18 Å². The Morgan fingerprint density at radius 1 is 1.56 bits per heavy atom. The first kappa shape index (κ1) is 14.9. The zero-order valence-corrected chi connectivity index (χ0v) is 11.5. The van der Waals surface area contributed by atoms with Crippen molar-refractivity contribution in [3.8, 4) is 0 Å². The van der Waals surface area contributed by atoms with Gasteiger partial charge in [-0.05, 0) is 30.7 Å². The van der Waals surface area contributed by atoms with E-state index in [-0.39, 0.29) is 17.1 Å². The van der Waals surface area contributed by atoms with Crippen LogP contribution in [0.15, 0.2) is 18.2 Å². The van der Waals surface area contributed by atoms with E-state index < -0.39 is 0 Å². The number of carbonyl (C=O) groups is 1. The lowest BCUT2D eigenvalue weighted by Gasteiger charge is -2.20. The van der Waals surface area contributed by atoms with E-state index in [1.54, 1.807) is 21.1 Å². The van der Waals surface area contributed by atoms with Crippen LogP contribution in [-0.4, -0.2) is 43.5 Å². The van der Waals surface area contributed by atoms with Gasteiger partial charge in [0.2, 0.25) is 0 Å². The van der Waals surface area contributed by atoms with Crippen LogP contribution in [-0.2, 0) is 4.74 Å². The molecule has 0 N–H and O–H groups in total. The number of hydrogen-bond donors (Lipinski definition) is 0. The fourth-order valence-corrected chi connectivity index (χ4v) is 1.94. The van der Waals surface area contributed by atoms with Crippen molar-refractivity contribution in [2.45, 2.75) is 12.3 Å². The molecule has 1 rings (SSSR count). The fourth-order valence-electron chi connectivity index (χ4n) is 1.61. The lowest BCUT2D eigenvalue weighted by atomic mass is 10.1. The van der Waals surface area contributed by atoms with Gasteiger partial charge < -0.3 is 9.64 Å². The monoisotopic (exact) mass is 273 g/mol. The first-order valence-corrected chi connectivity index (χ1v) is 6.04. The Morgan fingerprint density at radius 3 is 2.78 bits per heavy atom. The molecule has 1 aromatic carbocycles. The quantitative estimate of drug-likeness (QED) is 0.772. The van der Waals surface area contributed by atoms with Crippen LogP contribution < -0.4 is 0 Å². The maximum atomic E-state index is 13.1. The van der Waals surface area contributed by atoms with Gasteiger partial charge in [-0.3, -0.25) is 4.79 Å². The van der Waals surface area contributed by atoms with Gasteiger partial charge in [0.05, 0.1) is 12.0 Å². The molecule has 0 bridgehead atoms. The second kappa shape index (κ2) is 6.71. The summed E-state index contributed by atoms with van der Waals surface area (Å²) in [4.78, 5) is 13.6. The number of methoxy groups -OCH3 is 1. The predicted octanol–water partition coefficient (Wildman–Crippen LogP) is 2.46. The summed E-state index contributed by atoms with van der Waals surface area (Å²) in [5.74, 6) is -0.497. The zero-order chi connectivity index (χ0) is 13.7. The van der Waals surface area contributed by atoms with Crippen molar-refractivity contribution in [1.29, 1.82) is 0 Å². The highest BCUT2D eigenvalue weighted by molar-refractivity contribution is 6.21. The van der Waals surface area contributed by atoms with Gasteiger partial charge in [-0.1, -0.05) is 0 Å². The first-order valence-electron chi connectivity index (χ1n) is 5.60. The molecule has 0 aromatic heterocycles. The normalized spacial score (nSPS) is 12.3. The molecule has 18 heavy (non-hydrogen) atoms. The third kappa shape index (κ3) is 3.96. The number of alkyl halides is 1. The second-order valence-electron chi connectivity index (χ2n) is 4.20. The summed E-state index contributed by atoms with van der Waals surface area (Å²) >= 11 is 5.98. The lowest BCUT2D eigenvalue weighted by molar-refractivity contribution is 0.0781. The highest BCUT2D eigenvalue weighted by Gasteiger charge is 2.16. The second-order valence-corrected chi connectivity index (χ2v) is 4.82. The van der Waals surface area contributed by atoms with Gasteiger partial charge in [-0.2, -0.15) is 0 Å². The van der Waals surface area contributed by atoms with Crippen molar-refractivity contribution < 1.29 is 13.9 Å². The number of rotatable bonds is 5. The molecule has 0 radical (unpaired) electrons. The highest BCUT2D eigenvalue weighted by Crippen LogP contribution is 2.12. The van der Waals surface area contributed by atoms with Gasteiger partial charge in [0.15, 0.2) is 0 Å². The van der Waals surface area contributed by atoms with Gasteiger partial charge in [0.25, 0.3) is 5.91 Å². The standard InChI is InChI=1S/C13H17ClFNO2/c1-9-6-10(4-5-12(9)15)13(17)16(2)7-11(14)8-18-3/h4-6,11H,7-8H2,1-3H3. The molecule has 0 heterocycles. The molecular weight excluding hydrogens is 257 g/mol. The Bertz CT molecular complexity index is 425. The Labute approximate surface area is 111 Å². The van der Waals surface area contributed by atoms with Crippen molar-refractivity contribution in [3.63, 3.8) is 0 Å². The third-order valence-corrected chi connectivity index (χ3v) is 2.84. The zero-order valence-electron chi connectivity index (χ0n) is 10.7. The topological polar surface area (TPSA) is 29.5 Å². The predicted molar refractivity (Wildman–Crippen MR) is 69.6 cm³/mol. The minimum Gasteiger partial charge on any atom is -0.383 e. The van der Waals surface area contributed by atoms with Crippen LogP contribution in [0.25, 0.3) is 0 Å². The summed E-state index contributed by atoms with van der Waals surface area (Å²) in [5.41, 5.74) is 0.909. The molecule has 1 atom stereocenters. The molecule has 5 heteroatoms. The molecule has 0 aliphatic carbocycles. The summed E-state index contributed by atoms with van der Waals surface area (Å²) in [6.45, 7) is 2.38. The minimum absolute atomic E-state index is 0.181. The fraction of sp³-hybridized carbons (Fsp3) is 0.462. The van der Waals surface area contributed by atoms with Crippen LogP contribution in [0.2, 0.25) is 0 Å². The van der Waals surface area contributed by atoms with Crippen LogP contribution in [0, 0.1) is 12.7 Å². The Morgan fingerprint density at radius 2 is 2.22 bits per heavy atom.